The van der Waals surface area contributed by atoms with Crippen molar-refractivity contribution in [3.05, 3.63) is 34.5 Å². The van der Waals surface area contributed by atoms with E-state index in [1.165, 1.54) is 5.56 Å². The SMILES string of the molecule is O=C(C1CC=CC1)N1C[C@H]2CN(Cc3ccsc3)CCO[C@H]2C1. The Morgan fingerprint density at radius 2 is 2.13 bits per heavy atom. The highest BCUT2D eigenvalue weighted by Crippen LogP contribution is 2.28. The fourth-order valence-corrected chi connectivity index (χ4v) is 4.66. The van der Waals surface area contributed by atoms with Crippen molar-refractivity contribution in [1.82, 2.24) is 9.80 Å². The number of ether oxygens (including phenoxy) is 1. The van der Waals surface area contributed by atoms with Gasteiger partial charge in [0.2, 0.25) is 5.91 Å². The topological polar surface area (TPSA) is 32.8 Å². The van der Waals surface area contributed by atoms with Gasteiger partial charge in [-0.25, -0.2) is 0 Å². The first-order chi connectivity index (χ1) is 11.3. The maximum Gasteiger partial charge on any atom is 0.226 e. The van der Waals surface area contributed by atoms with Crippen LogP contribution in [0, 0.1) is 11.8 Å². The lowest BCUT2D eigenvalue weighted by molar-refractivity contribution is -0.134. The molecule has 0 saturated carbocycles. The number of nitrogens with zero attached hydrogens (tertiary/aromatic N) is 2. The molecule has 2 atom stereocenters. The number of allylic oxidation sites excluding steroid dienone is 2. The largest absolute Gasteiger partial charge is 0.375 e. The summed E-state index contributed by atoms with van der Waals surface area (Å²) in [7, 11) is 0. The highest BCUT2D eigenvalue weighted by molar-refractivity contribution is 7.07. The molecule has 4 rings (SSSR count). The minimum absolute atomic E-state index is 0.180. The number of carbonyl (C=O) groups excluding carboxylic acids is 1. The summed E-state index contributed by atoms with van der Waals surface area (Å²) in [5.41, 5.74) is 1.39. The van der Waals surface area contributed by atoms with Crippen LogP contribution in [-0.4, -0.2) is 54.6 Å². The zero-order valence-electron chi connectivity index (χ0n) is 13.4. The van der Waals surface area contributed by atoms with E-state index < -0.39 is 0 Å². The van der Waals surface area contributed by atoms with E-state index in [2.05, 4.69) is 38.8 Å². The second kappa shape index (κ2) is 6.75. The second-order valence-corrected chi connectivity index (χ2v) is 7.70. The van der Waals surface area contributed by atoms with Gasteiger partial charge in [0.1, 0.15) is 0 Å². The lowest BCUT2D eigenvalue weighted by Gasteiger charge is -2.24. The maximum atomic E-state index is 12.6. The van der Waals surface area contributed by atoms with Crippen molar-refractivity contribution < 1.29 is 9.53 Å². The fourth-order valence-electron chi connectivity index (χ4n) is 4.00. The molecule has 4 nitrogen and oxygen atoms in total. The summed E-state index contributed by atoms with van der Waals surface area (Å²) < 4.78 is 6.07. The Labute approximate surface area is 141 Å². The van der Waals surface area contributed by atoms with Gasteiger partial charge in [0, 0.05) is 44.6 Å². The van der Waals surface area contributed by atoms with Crippen LogP contribution >= 0.6 is 11.3 Å². The van der Waals surface area contributed by atoms with Crippen molar-refractivity contribution in [2.24, 2.45) is 11.8 Å². The zero-order chi connectivity index (χ0) is 15.6. The van der Waals surface area contributed by atoms with Gasteiger partial charge in [-0.3, -0.25) is 9.69 Å². The maximum absolute atomic E-state index is 12.6. The highest BCUT2D eigenvalue weighted by Gasteiger charge is 2.40. The molecule has 0 aromatic carbocycles. The van der Waals surface area contributed by atoms with Crippen LogP contribution < -0.4 is 0 Å². The smallest absolute Gasteiger partial charge is 0.226 e. The normalized spacial score (nSPS) is 29.0. The van der Waals surface area contributed by atoms with Crippen LogP contribution in [0.25, 0.3) is 0 Å². The molecule has 0 bridgehead atoms. The van der Waals surface area contributed by atoms with E-state index in [0.717, 1.165) is 52.2 Å². The Hall–Kier alpha value is -1.17. The van der Waals surface area contributed by atoms with Crippen molar-refractivity contribution >= 4 is 17.2 Å². The Morgan fingerprint density at radius 3 is 2.91 bits per heavy atom. The van der Waals surface area contributed by atoms with Gasteiger partial charge in [-0.15, -0.1) is 0 Å². The zero-order valence-corrected chi connectivity index (χ0v) is 14.2. The van der Waals surface area contributed by atoms with Crippen molar-refractivity contribution in [3.63, 3.8) is 0 Å². The molecule has 1 amide bonds. The van der Waals surface area contributed by atoms with Gasteiger partial charge in [-0.2, -0.15) is 11.3 Å². The number of carbonyl (C=O) groups is 1. The fraction of sp³-hybridized carbons (Fsp3) is 0.611. The van der Waals surface area contributed by atoms with Crippen LogP contribution in [0.5, 0.6) is 0 Å². The van der Waals surface area contributed by atoms with Crippen LogP contribution in [0.4, 0.5) is 0 Å². The first-order valence-electron chi connectivity index (χ1n) is 8.58. The van der Waals surface area contributed by atoms with Crippen LogP contribution in [0.1, 0.15) is 18.4 Å². The molecule has 1 aliphatic carbocycles. The standard InChI is InChI=1S/C18H24N2O2S/c21-18(15-3-1-2-4-15)20-11-16-10-19(6-7-22-17(16)12-20)9-14-5-8-23-13-14/h1-2,5,8,13,15-17H,3-4,6-7,9-12H2/t16-,17+/m1/s1. The first kappa shape index (κ1) is 15.4. The Balaban J connectivity index is 1.37. The molecule has 3 aliphatic rings. The summed E-state index contributed by atoms with van der Waals surface area (Å²) in [6, 6.07) is 2.20. The van der Waals surface area contributed by atoms with E-state index >= 15 is 0 Å². The molecule has 0 spiro atoms. The summed E-state index contributed by atoms with van der Waals surface area (Å²) in [5, 5.41) is 4.36. The number of likely N-dealkylation sites (tertiary alicyclic amines) is 1. The number of fused-ring (bicyclic) bond motifs is 1. The third kappa shape index (κ3) is 3.37. The molecule has 2 aliphatic heterocycles. The Kier molecular flexibility index (Phi) is 4.51. The van der Waals surface area contributed by atoms with Gasteiger partial charge in [0.15, 0.2) is 0 Å². The monoisotopic (exact) mass is 332 g/mol. The van der Waals surface area contributed by atoms with E-state index in [0.29, 0.717) is 11.8 Å². The van der Waals surface area contributed by atoms with Crippen LogP contribution in [0.2, 0.25) is 0 Å². The number of hydrogen-bond acceptors (Lipinski definition) is 4. The highest BCUT2D eigenvalue weighted by atomic mass is 32.1. The molecule has 23 heavy (non-hydrogen) atoms. The molecule has 0 N–H and O–H groups in total. The molecule has 3 heterocycles. The number of amides is 1. The Morgan fingerprint density at radius 1 is 1.26 bits per heavy atom. The van der Waals surface area contributed by atoms with Gasteiger partial charge in [-0.1, -0.05) is 12.2 Å². The van der Waals surface area contributed by atoms with Crippen molar-refractivity contribution in [2.45, 2.75) is 25.5 Å². The second-order valence-electron chi connectivity index (χ2n) is 6.92. The molecule has 1 aromatic heterocycles. The molecule has 124 valence electrons. The van der Waals surface area contributed by atoms with Crippen molar-refractivity contribution in [1.29, 1.82) is 0 Å². The van der Waals surface area contributed by atoms with Gasteiger partial charge in [-0.05, 0) is 35.2 Å². The average Bonchev–Trinajstić information content (AvgIpc) is 3.28. The summed E-state index contributed by atoms with van der Waals surface area (Å²) in [4.78, 5) is 17.2. The minimum atomic E-state index is 0.180. The molecule has 2 fully saturated rings. The van der Waals surface area contributed by atoms with Crippen LogP contribution in [0.15, 0.2) is 29.0 Å². The third-order valence-electron chi connectivity index (χ3n) is 5.27. The van der Waals surface area contributed by atoms with E-state index in [9.17, 15) is 4.79 Å². The summed E-state index contributed by atoms with van der Waals surface area (Å²) >= 11 is 1.75. The predicted octanol–water partition coefficient (Wildman–Crippen LogP) is 2.37. The minimum Gasteiger partial charge on any atom is -0.375 e. The lowest BCUT2D eigenvalue weighted by atomic mass is 10.1. The molecule has 0 unspecified atom stereocenters. The molecular formula is C18H24N2O2S. The van der Waals surface area contributed by atoms with Gasteiger partial charge in [0.25, 0.3) is 0 Å². The van der Waals surface area contributed by atoms with E-state index in [1.807, 2.05) is 0 Å². The summed E-state index contributed by atoms with van der Waals surface area (Å²) in [6.07, 6.45) is 6.32. The number of rotatable bonds is 3. The number of thiophene rings is 1. The van der Waals surface area contributed by atoms with Gasteiger partial charge in [0.05, 0.1) is 12.7 Å². The number of hydrogen-bond donors (Lipinski definition) is 0. The van der Waals surface area contributed by atoms with Gasteiger partial charge < -0.3 is 9.64 Å². The molecule has 1 aromatic rings. The predicted molar refractivity (Wildman–Crippen MR) is 91.3 cm³/mol. The Bertz CT molecular complexity index is 564. The van der Waals surface area contributed by atoms with Gasteiger partial charge >= 0.3 is 0 Å². The third-order valence-corrected chi connectivity index (χ3v) is 6.00. The lowest BCUT2D eigenvalue weighted by Crippen LogP contribution is -2.36. The van der Waals surface area contributed by atoms with Crippen LogP contribution in [0.3, 0.4) is 0 Å². The summed E-state index contributed by atoms with van der Waals surface area (Å²) in [6.45, 7) is 5.44. The molecular weight excluding hydrogens is 308 g/mol. The molecule has 5 heteroatoms. The van der Waals surface area contributed by atoms with Crippen molar-refractivity contribution in [2.75, 3.05) is 32.8 Å². The summed E-state index contributed by atoms with van der Waals surface area (Å²) in [5.74, 6) is 0.963. The van der Waals surface area contributed by atoms with E-state index in [4.69, 9.17) is 4.74 Å². The molecule has 2 saturated heterocycles. The van der Waals surface area contributed by atoms with Crippen LogP contribution in [-0.2, 0) is 16.1 Å². The first-order valence-corrected chi connectivity index (χ1v) is 9.52. The van der Waals surface area contributed by atoms with E-state index in [-0.39, 0.29) is 12.0 Å². The quantitative estimate of drug-likeness (QED) is 0.797. The van der Waals surface area contributed by atoms with E-state index in [1.54, 1.807) is 11.3 Å². The molecule has 0 radical (unpaired) electrons. The van der Waals surface area contributed by atoms with Crippen molar-refractivity contribution in [3.8, 4) is 0 Å². The average molecular weight is 332 g/mol.